The van der Waals surface area contributed by atoms with Crippen molar-refractivity contribution in [2.45, 2.75) is 25.3 Å². The molecule has 2 rings (SSSR count). The molecule has 0 amide bonds. The molecule has 1 atom stereocenters. The van der Waals surface area contributed by atoms with Gasteiger partial charge in [0.2, 0.25) is 0 Å². The molecule has 0 aliphatic heterocycles. The number of pyridine rings is 1. The first-order chi connectivity index (χ1) is 9.70. The summed E-state index contributed by atoms with van der Waals surface area (Å²) in [6, 6.07) is 9.02. The minimum absolute atomic E-state index is 0.192. The molecule has 106 valence electrons. The summed E-state index contributed by atoms with van der Waals surface area (Å²) in [7, 11) is 1.89. The molecular weight excluding hydrogens is 275 g/mol. The first-order valence-electron chi connectivity index (χ1n) is 6.69. The van der Waals surface area contributed by atoms with E-state index in [0.717, 1.165) is 12.8 Å². The lowest BCUT2D eigenvalue weighted by Gasteiger charge is -2.17. The summed E-state index contributed by atoms with van der Waals surface area (Å²) in [5.74, 6) is -0.235. The summed E-state index contributed by atoms with van der Waals surface area (Å²) < 4.78 is 13.8. The molecule has 1 aromatic heterocycles. The SMILES string of the molecule is CNC(CCc1ccncc1)Cc1c(F)cccc1Cl. The fourth-order valence-electron chi connectivity index (χ4n) is 2.21. The van der Waals surface area contributed by atoms with E-state index in [2.05, 4.69) is 10.3 Å². The number of nitrogens with one attached hydrogen (secondary N) is 1. The van der Waals surface area contributed by atoms with E-state index in [4.69, 9.17) is 11.6 Å². The van der Waals surface area contributed by atoms with E-state index in [0.29, 0.717) is 17.0 Å². The van der Waals surface area contributed by atoms with Crippen LogP contribution in [0.15, 0.2) is 42.7 Å². The van der Waals surface area contributed by atoms with Crippen molar-refractivity contribution >= 4 is 11.6 Å². The van der Waals surface area contributed by atoms with Crippen LogP contribution >= 0.6 is 11.6 Å². The van der Waals surface area contributed by atoms with Crippen molar-refractivity contribution in [2.24, 2.45) is 0 Å². The molecule has 0 fully saturated rings. The Labute approximate surface area is 124 Å². The molecule has 1 unspecified atom stereocenters. The van der Waals surface area contributed by atoms with Gasteiger partial charge < -0.3 is 5.32 Å². The Morgan fingerprint density at radius 3 is 2.65 bits per heavy atom. The van der Waals surface area contributed by atoms with E-state index >= 15 is 0 Å². The number of aryl methyl sites for hydroxylation is 1. The second-order valence-corrected chi connectivity index (χ2v) is 5.19. The van der Waals surface area contributed by atoms with Crippen LogP contribution in [0.1, 0.15) is 17.5 Å². The maximum absolute atomic E-state index is 13.8. The third-order valence-electron chi connectivity index (χ3n) is 3.45. The van der Waals surface area contributed by atoms with Gasteiger partial charge in [0.25, 0.3) is 0 Å². The van der Waals surface area contributed by atoms with Gasteiger partial charge in [-0.05, 0) is 56.1 Å². The van der Waals surface area contributed by atoms with Gasteiger partial charge in [-0.2, -0.15) is 0 Å². The number of benzene rings is 1. The van der Waals surface area contributed by atoms with Crippen molar-refractivity contribution in [1.29, 1.82) is 0 Å². The Morgan fingerprint density at radius 2 is 2.00 bits per heavy atom. The number of hydrogen-bond donors (Lipinski definition) is 1. The molecule has 20 heavy (non-hydrogen) atoms. The number of nitrogens with zero attached hydrogens (tertiary/aromatic N) is 1. The Balaban J connectivity index is 1.99. The summed E-state index contributed by atoms with van der Waals surface area (Å²) in [4.78, 5) is 4.00. The lowest BCUT2D eigenvalue weighted by atomic mass is 9.99. The van der Waals surface area contributed by atoms with Gasteiger partial charge in [-0.25, -0.2) is 4.39 Å². The summed E-state index contributed by atoms with van der Waals surface area (Å²) in [6.07, 6.45) is 6.02. The minimum Gasteiger partial charge on any atom is -0.317 e. The number of halogens is 2. The zero-order chi connectivity index (χ0) is 14.4. The number of rotatable bonds is 6. The van der Waals surface area contributed by atoms with E-state index in [1.54, 1.807) is 24.5 Å². The molecule has 0 saturated heterocycles. The summed E-state index contributed by atoms with van der Waals surface area (Å²) in [5, 5.41) is 3.73. The molecule has 0 spiro atoms. The van der Waals surface area contributed by atoms with Gasteiger partial charge in [0.15, 0.2) is 0 Å². The molecule has 2 nitrogen and oxygen atoms in total. The molecule has 0 radical (unpaired) electrons. The second-order valence-electron chi connectivity index (χ2n) is 4.78. The lowest BCUT2D eigenvalue weighted by molar-refractivity contribution is 0.504. The van der Waals surface area contributed by atoms with Crippen molar-refractivity contribution in [1.82, 2.24) is 10.3 Å². The van der Waals surface area contributed by atoms with Gasteiger partial charge in [-0.3, -0.25) is 4.98 Å². The molecule has 0 aliphatic rings. The van der Waals surface area contributed by atoms with Crippen LogP contribution in [0.3, 0.4) is 0 Å². The van der Waals surface area contributed by atoms with Crippen LogP contribution in [0.5, 0.6) is 0 Å². The normalized spacial score (nSPS) is 12.3. The van der Waals surface area contributed by atoms with E-state index in [-0.39, 0.29) is 11.9 Å². The van der Waals surface area contributed by atoms with Crippen molar-refractivity contribution < 1.29 is 4.39 Å². The van der Waals surface area contributed by atoms with Crippen LogP contribution in [0.4, 0.5) is 4.39 Å². The number of aromatic nitrogens is 1. The highest BCUT2D eigenvalue weighted by Gasteiger charge is 2.13. The van der Waals surface area contributed by atoms with Gasteiger partial charge in [-0.1, -0.05) is 17.7 Å². The van der Waals surface area contributed by atoms with E-state index in [1.807, 2.05) is 19.2 Å². The molecule has 1 aromatic carbocycles. The average molecular weight is 293 g/mol. The highest BCUT2D eigenvalue weighted by molar-refractivity contribution is 6.31. The lowest BCUT2D eigenvalue weighted by Crippen LogP contribution is -2.28. The van der Waals surface area contributed by atoms with Crippen LogP contribution in [0.25, 0.3) is 0 Å². The van der Waals surface area contributed by atoms with Crippen LogP contribution in [0, 0.1) is 5.82 Å². The fourth-order valence-corrected chi connectivity index (χ4v) is 2.45. The van der Waals surface area contributed by atoms with Crippen LogP contribution in [-0.4, -0.2) is 18.1 Å². The Kier molecular flexibility index (Phi) is 5.50. The largest absolute Gasteiger partial charge is 0.317 e. The van der Waals surface area contributed by atoms with Crippen molar-refractivity contribution in [3.8, 4) is 0 Å². The maximum atomic E-state index is 13.8. The van der Waals surface area contributed by atoms with Crippen molar-refractivity contribution in [2.75, 3.05) is 7.05 Å². The first kappa shape index (κ1) is 14.9. The highest BCUT2D eigenvalue weighted by Crippen LogP contribution is 2.21. The van der Waals surface area contributed by atoms with E-state index < -0.39 is 0 Å². The molecule has 0 aliphatic carbocycles. The molecule has 1 heterocycles. The zero-order valence-corrected chi connectivity index (χ0v) is 12.2. The van der Waals surface area contributed by atoms with Gasteiger partial charge in [0, 0.05) is 29.0 Å². The molecular formula is C16H18ClFN2. The van der Waals surface area contributed by atoms with Gasteiger partial charge in [-0.15, -0.1) is 0 Å². The third kappa shape index (κ3) is 4.02. The van der Waals surface area contributed by atoms with Crippen molar-refractivity contribution in [3.63, 3.8) is 0 Å². The van der Waals surface area contributed by atoms with Gasteiger partial charge >= 0.3 is 0 Å². The molecule has 1 N–H and O–H groups in total. The topological polar surface area (TPSA) is 24.9 Å². The smallest absolute Gasteiger partial charge is 0.127 e. The number of hydrogen-bond acceptors (Lipinski definition) is 2. The summed E-state index contributed by atoms with van der Waals surface area (Å²) in [6.45, 7) is 0. The molecule has 0 saturated carbocycles. The fraction of sp³-hybridized carbons (Fsp3) is 0.312. The predicted molar refractivity (Wildman–Crippen MR) is 80.5 cm³/mol. The maximum Gasteiger partial charge on any atom is 0.127 e. The van der Waals surface area contributed by atoms with Crippen LogP contribution < -0.4 is 5.32 Å². The Hall–Kier alpha value is -1.45. The highest BCUT2D eigenvalue weighted by atomic mass is 35.5. The second kappa shape index (κ2) is 7.36. The van der Waals surface area contributed by atoms with Gasteiger partial charge in [0.05, 0.1) is 0 Å². The van der Waals surface area contributed by atoms with Crippen LogP contribution in [0.2, 0.25) is 5.02 Å². The molecule has 4 heteroatoms. The van der Waals surface area contributed by atoms with E-state index in [1.165, 1.54) is 11.6 Å². The zero-order valence-electron chi connectivity index (χ0n) is 11.4. The van der Waals surface area contributed by atoms with Crippen LogP contribution in [-0.2, 0) is 12.8 Å². The standard InChI is InChI=1S/C16H18ClFN2/c1-19-13(6-5-12-7-9-20-10-8-12)11-14-15(17)3-2-4-16(14)18/h2-4,7-10,13,19H,5-6,11H2,1H3. The number of likely N-dealkylation sites (N-methyl/N-ethyl adjacent to an activating group) is 1. The average Bonchev–Trinajstić information content (AvgIpc) is 2.47. The summed E-state index contributed by atoms with van der Waals surface area (Å²) >= 11 is 6.07. The molecule has 0 bridgehead atoms. The third-order valence-corrected chi connectivity index (χ3v) is 3.81. The predicted octanol–water partition coefficient (Wildman–Crippen LogP) is 3.64. The quantitative estimate of drug-likeness (QED) is 0.879. The van der Waals surface area contributed by atoms with Crippen molar-refractivity contribution in [3.05, 3.63) is 64.7 Å². The van der Waals surface area contributed by atoms with Gasteiger partial charge in [0.1, 0.15) is 5.82 Å². The first-order valence-corrected chi connectivity index (χ1v) is 7.07. The molecule has 2 aromatic rings. The Bertz CT molecular complexity index is 525. The monoisotopic (exact) mass is 292 g/mol. The Morgan fingerprint density at radius 1 is 1.25 bits per heavy atom. The van der Waals surface area contributed by atoms with E-state index in [9.17, 15) is 4.39 Å². The minimum atomic E-state index is -0.235. The summed E-state index contributed by atoms with van der Waals surface area (Å²) in [5.41, 5.74) is 1.82.